The molecule has 1 aliphatic carbocycles. The summed E-state index contributed by atoms with van der Waals surface area (Å²) in [5, 5.41) is 0. The third-order valence-corrected chi connectivity index (χ3v) is 6.63. The molecule has 6 heteroatoms. The highest BCUT2D eigenvalue weighted by atomic mass is 32.2. The van der Waals surface area contributed by atoms with Crippen LogP contribution in [0.3, 0.4) is 0 Å². The van der Waals surface area contributed by atoms with Crippen LogP contribution in [0.1, 0.15) is 37.7 Å². The second-order valence-corrected chi connectivity index (χ2v) is 8.41. The van der Waals surface area contributed by atoms with Gasteiger partial charge in [-0.2, -0.15) is 11.8 Å². The number of guanidine groups is 1. The van der Waals surface area contributed by atoms with Crippen LogP contribution in [0.2, 0.25) is 0 Å². The molecule has 0 spiro atoms. The lowest BCUT2D eigenvalue weighted by Crippen LogP contribution is -2.43. The number of nitrogens with two attached hydrogens (primary N) is 1. The summed E-state index contributed by atoms with van der Waals surface area (Å²) in [5.74, 6) is 4.54. The summed E-state index contributed by atoms with van der Waals surface area (Å²) >= 11 is 1.99. The highest BCUT2D eigenvalue weighted by Crippen LogP contribution is 2.42. The van der Waals surface area contributed by atoms with Crippen molar-refractivity contribution in [3.05, 3.63) is 23.8 Å². The van der Waals surface area contributed by atoms with Crippen molar-refractivity contribution in [1.29, 1.82) is 0 Å². The zero-order valence-corrected chi connectivity index (χ0v) is 16.8. The third-order valence-electron chi connectivity index (χ3n) is 5.69. The van der Waals surface area contributed by atoms with E-state index in [1.54, 1.807) is 14.2 Å². The van der Waals surface area contributed by atoms with Crippen molar-refractivity contribution < 1.29 is 9.47 Å². The Labute approximate surface area is 161 Å². The summed E-state index contributed by atoms with van der Waals surface area (Å²) < 4.78 is 10.9. The maximum atomic E-state index is 6.33. The average Bonchev–Trinajstić information content (AvgIpc) is 2.72. The molecule has 0 atom stereocenters. The van der Waals surface area contributed by atoms with E-state index in [0.717, 1.165) is 55.5 Å². The molecule has 3 rings (SSSR count). The molecule has 2 fully saturated rings. The van der Waals surface area contributed by atoms with Crippen molar-refractivity contribution in [2.24, 2.45) is 10.7 Å². The van der Waals surface area contributed by atoms with E-state index in [1.165, 1.54) is 24.8 Å². The molecule has 5 nitrogen and oxygen atoms in total. The molecule has 2 aliphatic rings. The van der Waals surface area contributed by atoms with Gasteiger partial charge in [-0.3, -0.25) is 4.99 Å². The maximum Gasteiger partial charge on any atom is 0.191 e. The first-order chi connectivity index (χ1) is 12.7. The summed E-state index contributed by atoms with van der Waals surface area (Å²) in [4.78, 5) is 7.08. The van der Waals surface area contributed by atoms with Gasteiger partial charge in [-0.1, -0.05) is 25.3 Å². The Hall–Kier alpha value is -1.56. The first-order valence-corrected chi connectivity index (χ1v) is 10.7. The lowest BCUT2D eigenvalue weighted by atomic mass is 9.69. The molecular weight excluding hydrogens is 346 g/mol. The van der Waals surface area contributed by atoms with E-state index in [1.807, 2.05) is 17.8 Å². The van der Waals surface area contributed by atoms with Crippen molar-refractivity contribution in [2.75, 3.05) is 45.4 Å². The largest absolute Gasteiger partial charge is 0.493 e. The van der Waals surface area contributed by atoms with Gasteiger partial charge >= 0.3 is 0 Å². The van der Waals surface area contributed by atoms with Crippen LogP contribution in [0.15, 0.2) is 23.2 Å². The van der Waals surface area contributed by atoms with E-state index >= 15 is 0 Å². The zero-order chi connectivity index (χ0) is 18.4. The minimum Gasteiger partial charge on any atom is -0.493 e. The summed E-state index contributed by atoms with van der Waals surface area (Å²) in [6.45, 7) is 2.75. The van der Waals surface area contributed by atoms with E-state index in [4.69, 9.17) is 20.2 Å². The summed E-state index contributed by atoms with van der Waals surface area (Å²) in [6.07, 6.45) is 6.08. The molecule has 1 aliphatic heterocycles. The quantitative estimate of drug-likeness (QED) is 0.630. The van der Waals surface area contributed by atoms with E-state index in [2.05, 4.69) is 17.0 Å². The highest BCUT2D eigenvalue weighted by Gasteiger charge is 2.34. The van der Waals surface area contributed by atoms with Gasteiger partial charge in [0.2, 0.25) is 0 Å². The molecular formula is C20H31N3O2S. The Balaban J connectivity index is 1.84. The van der Waals surface area contributed by atoms with Crippen LogP contribution >= 0.6 is 11.8 Å². The van der Waals surface area contributed by atoms with Gasteiger partial charge < -0.3 is 20.1 Å². The minimum absolute atomic E-state index is 0.0486. The predicted octanol–water partition coefficient (Wildman–Crippen LogP) is 3.27. The van der Waals surface area contributed by atoms with Gasteiger partial charge in [0.05, 0.1) is 20.8 Å². The molecule has 0 amide bonds. The molecule has 1 aromatic rings. The lowest BCUT2D eigenvalue weighted by molar-refractivity contribution is 0.296. The Morgan fingerprint density at radius 2 is 1.81 bits per heavy atom. The van der Waals surface area contributed by atoms with Crippen LogP contribution in [0.5, 0.6) is 11.5 Å². The molecule has 26 heavy (non-hydrogen) atoms. The Morgan fingerprint density at radius 1 is 1.12 bits per heavy atom. The van der Waals surface area contributed by atoms with E-state index in [-0.39, 0.29) is 5.41 Å². The van der Waals surface area contributed by atoms with Crippen molar-refractivity contribution in [1.82, 2.24) is 4.90 Å². The second kappa shape index (κ2) is 8.89. The number of aliphatic imine (C=N–C) groups is 1. The normalized spacial score (nSPS) is 20.7. The van der Waals surface area contributed by atoms with Crippen molar-refractivity contribution in [2.45, 2.75) is 37.5 Å². The van der Waals surface area contributed by atoms with Gasteiger partial charge in [0.25, 0.3) is 0 Å². The number of methoxy groups -OCH3 is 2. The number of rotatable bonds is 5. The van der Waals surface area contributed by atoms with E-state index in [9.17, 15) is 0 Å². The lowest BCUT2D eigenvalue weighted by Gasteiger charge is -2.37. The number of thioether (sulfide) groups is 1. The molecule has 1 saturated heterocycles. The SMILES string of the molecule is COc1ccc(C2(CN=C(N)N3CCSCC3)CCCCC2)cc1OC. The smallest absolute Gasteiger partial charge is 0.191 e. The standard InChI is InChI=1S/C20H31N3O2S/c1-24-17-7-6-16(14-18(17)25-2)20(8-4-3-5-9-20)15-22-19(21)23-10-12-26-13-11-23/h6-7,14H,3-5,8-13,15H2,1-2H3,(H2,21,22). The first kappa shape index (κ1) is 19.2. The van der Waals surface area contributed by atoms with E-state index in [0.29, 0.717) is 5.96 Å². The van der Waals surface area contributed by atoms with Gasteiger partial charge in [-0.25, -0.2) is 0 Å². The predicted molar refractivity (Wildman–Crippen MR) is 110 cm³/mol. The topological polar surface area (TPSA) is 60.1 Å². The summed E-state index contributed by atoms with van der Waals surface area (Å²) in [7, 11) is 3.37. The number of benzene rings is 1. The van der Waals surface area contributed by atoms with Crippen LogP contribution in [0.25, 0.3) is 0 Å². The number of nitrogens with zero attached hydrogens (tertiary/aromatic N) is 2. The van der Waals surface area contributed by atoms with Crippen molar-refractivity contribution in [3.8, 4) is 11.5 Å². The fourth-order valence-electron chi connectivity index (χ4n) is 4.06. The third kappa shape index (κ3) is 4.22. The first-order valence-electron chi connectivity index (χ1n) is 9.54. The molecule has 1 aromatic carbocycles. The molecule has 1 saturated carbocycles. The monoisotopic (exact) mass is 377 g/mol. The van der Waals surface area contributed by atoms with Gasteiger partial charge in [-0.05, 0) is 30.5 Å². The van der Waals surface area contributed by atoms with E-state index < -0.39 is 0 Å². The Bertz CT molecular complexity index is 623. The van der Waals surface area contributed by atoms with Crippen LogP contribution in [-0.2, 0) is 5.41 Å². The maximum absolute atomic E-state index is 6.33. The average molecular weight is 378 g/mol. The summed E-state index contributed by atoms with van der Waals surface area (Å²) in [6, 6.07) is 6.32. The van der Waals surface area contributed by atoms with Gasteiger partial charge in [0.15, 0.2) is 17.5 Å². The molecule has 0 radical (unpaired) electrons. The van der Waals surface area contributed by atoms with Crippen molar-refractivity contribution in [3.63, 3.8) is 0 Å². The van der Waals surface area contributed by atoms with Crippen LogP contribution in [0.4, 0.5) is 0 Å². The highest BCUT2D eigenvalue weighted by molar-refractivity contribution is 7.99. The molecule has 144 valence electrons. The Morgan fingerprint density at radius 3 is 2.46 bits per heavy atom. The van der Waals surface area contributed by atoms with Crippen LogP contribution in [-0.4, -0.2) is 56.2 Å². The second-order valence-electron chi connectivity index (χ2n) is 7.18. The van der Waals surface area contributed by atoms with Gasteiger partial charge in [-0.15, -0.1) is 0 Å². The molecule has 2 N–H and O–H groups in total. The van der Waals surface area contributed by atoms with Crippen molar-refractivity contribution >= 4 is 17.7 Å². The minimum atomic E-state index is 0.0486. The number of ether oxygens (including phenoxy) is 2. The molecule has 0 aromatic heterocycles. The zero-order valence-electron chi connectivity index (χ0n) is 16.0. The number of hydrogen-bond donors (Lipinski definition) is 1. The Kier molecular flexibility index (Phi) is 6.57. The number of hydrogen-bond acceptors (Lipinski definition) is 4. The van der Waals surface area contributed by atoms with Crippen LogP contribution < -0.4 is 15.2 Å². The van der Waals surface area contributed by atoms with Gasteiger partial charge in [0.1, 0.15) is 0 Å². The molecule has 1 heterocycles. The summed E-state index contributed by atoms with van der Waals surface area (Å²) in [5.41, 5.74) is 7.67. The fraction of sp³-hybridized carbons (Fsp3) is 0.650. The molecule has 0 unspecified atom stereocenters. The van der Waals surface area contributed by atoms with Crippen LogP contribution in [0, 0.1) is 0 Å². The molecule has 0 bridgehead atoms. The fourth-order valence-corrected chi connectivity index (χ4v) is 4.96. The van der Waals surface area contributed by atoms with Gasteiger partial charge in [0, 0.05) is 30.0 Å².